The zero-order chi connectivity index (χ0) is 13.7. The van der Waals surface area contributed by atoms with Gasteiger partial charge in [-0.1, -0.05) is 30.3 Å². The van der Waals surface area contributed by atoms with Crippen molar-refractivity contribution in [1.82, 2.24) is 0 Å². The van der Waals surface area contributed by atoms with E-state index in [0.717, 1.165) is 18.4 Å². The van der Waals surface area contributed by atoms with Crippen molar-refractivity contribution in [3.05, 3.63) is 35.9 Å². The highest BCUT2D eigenvalue weighted by molar-refractivity contribution is 5.66. The second-order valence-electron chi connectivity index (χ2n) is 5.05. The monoisotopic (exact) mass is 264 g/mol. The third-order valence-corrected chi connectivity index (χ3v) is 3.69. The zero-order valence-electron chi connectivity index (χ0n) is 11.2. The summed E-state index contributed by atoms with van der Waals surface area (Å²) < 4.78 is 11.1. The lowest BCUT2D eigenvalue weighted by Crippen LogP contribution is -2.55. The molecular formula is C15H20O4. The van der Waals surface area contributed by atoms with Crippen molar-refractivity contribution in [1.29, 1.82) is 0 Å². The molecule has 0 amide bonds. The van der Waals surface area contributed by atoms with Gasteiger partial charge in [-0.05, 0) is 18.4 Å². The van der Waals surface area contributed by atoms with E-state index in [1.54, 1.807) is 0 Å². The van der Waals surface area contributed by atoms with Gasteiger partial charge in [0, 0.05) is 19.4 Å². The van der Waals surface area contributed by atoms with Gasteiger partial charge in [0.2, 0.25) is 0 Å². The Morgan fingerprint density at radius 3 is 2.68 bits per heavy atom. The van der Waals surface area contributed by atoms with Crippen LogP contribution in [0, 0.1) is 5.92 Å². The van der Waals surface area contributed by atoms with E-state index in [1.165, 1.54) is 6.92 Å². The molecule has 1 saturated carbocycles. The van der Waals surface area contributed by atoms with Crippen molar-refractivity contribution >= 4 is 5.97 Å². The molecule has 1 aliphatic rings. The highest BCUT2D eigenvalue weighted by Gasteiger charge is 2.49. The van der Waals surface area contributed by atoms with Gasteiger partial charge in [0.15, 0.2) is 0 Å². The number of esters is 1. The summed E-state index contributed by atoms with van der Waals surface area (Å²) >= 11 is 0. The maximum atomic E-state index is 11.2. The van der Waals surface area contributed by atoms with Crippen LogP contribution in [0.15, 0.2) is 30.3 Å². The van der Waals surface area contributed by atoms with E-state index in [-0.39, 0.29) is 18.5 Å². The van der Waals surface area contributed by atoms with Gasteiger partial charge in [-0.3, -0.25) is 4.79 Å². The lowest BCUT2D eigenvalue weighted by Gasteiger charge is -2.47. The predicted octanol–water partition coefficient (Wildman–Crippen LogP) is 1.91. The fraction of sp³-hybridized carbons (Fsp3) is 0.533. The van der Waals surface area contributed by atoms with Gasteiger partial charge in [-0.2, -0.15) is 0 Å². The lowest BCUT2D eigenvalue weighted by molar-refractivity contribution is -0.200. The quantitative estimate of drug-likeness (QED) is 0.797. The zero-order valence-corrected chi connectivity index (χ0v) is 11.2. The van der Waals surface area contributed by atoms with Crippen molar-refractivity contribution in [2.45, 2.75) is 32.0 Å². The van der Waals surface area contributed by atoms with Gasteiger partial charge in [-0.25, -0.2) is 0 Å². The molecule has 0 aromatic heterocycles. The first-order chi connectivity index (χ1) is 9.16. The van der Waals surface area contributed by atoms with Crippen molar-refractivity contribution in [2.24, 2.45) is 5.92 Å². The van der Waals surface area contributed by atoms with Gasteiger partial charge in [0.1, 0.15) is 5.60 Å². The largest absolute Gasteiger partial charge is 0.456 e. The standard InChI is InChI=1S/C15H20O4/c1-12(17)19-15(8-7-14(15)9-16)11-18-10-13-5-3-2-4-6-13/h2-6,14,16H,7-11H2,1H3. The number of aliphatic hydroxyl groups excluding tert-OH is 1. The Labute approximate surface area is 113 Å². The summed E-state index contributed by atoms with van der Waals surface area (Å²) in [5, 5.41) is 9.30. The maximum Gasteiger partial charge on any atom is 0.303 e. The predicted molar refractivity (Wildman–Crippen MR) is 70.4 cm³/mol. The highest BCUT2D eigenvalue weighted by Crippen LogP contribution is 2.42. The Kier molecular flexibility index (Phi) is 4.56. The van der Waals surface area contributed by atoms with Crippen LogP contribution in [0.4, 0.5) is 0 Å². The number of rotatable bonds is 6. The molecule has 2 rings (SSSR count). The molecule has 0 bridgehead atoms. The Morgan fingerprint density at radius 1 is 1.42 bits per heavy atom. The van der Waals surface area contributed by atoms with Crippen LogP contribution in [0.3, 0.4) is 0 Å². The van der Waals surface area contributed by atoms with E-state index in [0.29, 0.717) is 13.2 Å². The molecule has 0 radical (unpaired) electrons. The summed E-state index contributed by atoms with van der Waals surface area (Å²) in [6, 6.07) is 9.85. The topological polar surface area (TPSA) is 55.8 Å². The minimum Gasteiger partial charge on any atom is -0.456 e. The maximum absolute atomic E-state index is 11.2. The second kappa shape index (κ2) is 6.17. The Balaban J connectivity index is 1.89. The summed E-state index contributed by atoms with van der Waals surface area (Å²) in [6.07, 6.45) is 1.63. The molecule has 0 heterocycles. The summed E-state index contributed by atoms with van der Waals surface area (Å²) in [4.78, 5) is 11.2. The third kappa shape index (κ3) is 3.33. The van der Waals surface area contributed by atoms with Crippen LogP contribution in [0.2, 0.25) is 0 Å². The molecule has 19 heavy (non-hydrogen) atoms. The molecule has 4 nitrogen and oxygen atoms in total. The molecule has 104 valence electrons. The number of carbonyl (C=O) groups excluding carboxylic acids is 1. The molecule has 1 aromatic rings. The summed E-state index contributed by atoms with van der Waals surface area (Å²) in [6.45, 7) is 2.25. The van der Waals surface area contributed by atoms with E-state index in [1.807, 2.05) is 30.3 Å². The molecular weight excluding hydrogens is 244 g/mol. The Bertz CT molecular complexity index is 415. The average molecular weight is 264 g/mol. The number of aliphatic hydroxyl groups is 1. The fourth-order valence-corrected chi connectivity index (χ4v) is 2.48. The summed E-state index contributed by atoms with van der Waals surface area (Å²) in [5.41, 5.74) is 0.454. The molecule has 0 saturated heterocycles. The van der Waals surface area contributed by atoms with E-state index in [9.17, 15) is 9.90 Å². The highest BCUT2D eigenvalue weighted by atomic mass is 16.6. The van der Waals surface area contributed by atoms with E-state index < -0.39 is 5.60 Å². The van der Waals surface area contributed by atoms with Crippen molar-refractivity contribution in [2.75, 3.05) is 13.2 Å². The third-order valence-electron chi connectivity index (χ3n) is 3.69. The first kappa shape index (κ1) is 14.0. The van der Waals surface area contributed by atoms with E-state index in [4.69, 9.17) is 9.47 Å². The SMILES string of the molecule is CC(=O)OC1(COCc2ccccc2)CCC1CO. The number of ether oxygens (including phenoxy) is 2. The van der Waals surface area contributed by atoms with Crippen LogP contribution in [-0.4, -0.2) is 29.9 Å². The molecule has 1 aliphatic carbocycles. The Hall–Kier alpha value is -1.39. The summed E-state index contributed by atoms with van der Waals surface area (Å²) in [5.74, 6) is -0.325. The molecule has 2 atom stereocenters. The molecule has 1 fully saturated rings. The van der Waals surface area contributed by atoms with Crippen molar-refractivity contribution in [3.8, 4) is 0 Å². The number of carbonyl (C=O) groups is 1. The fourth-order valence-electron chi connectivity index (χ4n) is 2.48. The van der Waals surface area contributed by atoms with Crippen LogP contribution < -0.4 is 0 Å². The molecule has 4 heteroatoms. The van der Waals surface area contributed by atoms with Crippen LogP contribution >= 0.6 is 0 Å². The van der Waals surface area contributed by atoms with Crippen molar-refractivity contribution < 1.29 is 19.4 Å². The molecule has 2 unspecified atom stereocenters. The number of hydrogen-bond donors (Lipinski definition) is 1. The summed E-state index contributed by atoms with van der Waals surface area (Å²) in [7, 11) is 0. The normalized spacial score (nSPS) is 25.7. The van der Waals surface area contributed by atoms with Gasteiger partial charge < -0.3 is 14.6 Å². The minimum absolute atomic E-state index is 0.00725. The minimum atomic E-state index is -0.630. The van der Waals surface area contributed by atoms with Crippen molar-refractivity contribution in [3.63, 3.8) is 0 Å². The first-order valence-corrected chi connectivity index (χ1v) is 6.58. The van der Waals surface area contributed by atoms with Gasteiger partial charge in [0.05, 0.1) is 13.2 Å². The molecule has 0 spiro atoms. The number of hydrogen-bond acceptors (Lipinski definition) is 4. The average Bonchev–Trinajstić information content (AvgIpc) is 2.37. The van der Waals surface area contributed by atoms with Gasteiger partial charge in [0.25, 0.3) is 0 Å². The number of benzene rings is 1. The lowest BCUT2D eigenvalue weighted by atomic mass is 9.70. The van der Waals surface area contributed by atoms with Crippen LogP contribution in [0.25, 0.3) is 0 Å². The van der Waals surface area contributed by atoms with E-state index in [2.05, 4.69) is 0 Å². The molecule has 1 aromatic carbocycles. The van der Waals surface area contributed by atoms with E-state index >= 15 is 0 Å². The van der Waals surface area contributed by atoms with Gasteiger partial charge in [-0.15, -0.1) is 0 Å². The smallest absolute Gasteiger partial charge is 0.303 e. The first-order valence-electron chi connectivity index (χ1n) is 6.58. The van der Waals surface area contributed by atoms with Crippen LogP contribution in [-0.2, 0) is 20.9 Å². The molecule has 0 aliphatic heterocycles. The van der Waals surface area contributed by atoms with Crippen LogP contribution in [0.1, 0.15) is 25.3 Å². The van der Waals surface area contributed by atoms with Gasteiger partial charge >= 0.3 is 5.97 Å². The second-order valence-corrected chi connectivity index (χ2v) is 5.05. The Morgan fingerprint density at radius 2 is 2.16 bits per heavy atom. The molecule has 1 N–H and O–H groups in total. The van der Waals surface area contributed by atoms with Crippen LogP contribution in [0.5, 0.6) is 0 Å².